The van der Waals surface area contributed by atoms with Gasteiger partial charge in [-0.15, -0.1) is 0 Å². The first kappa shape index (κ1) is 10.1. The van der Waals surface area contributed by atoms with Crippen LogP contribution in [0.1, 0.15) is 28.9 Å². The maximum Gasteiger partial charge on any atom is 0.339 e. The van der Waals surface area contributed by atoms with E-state index in [-0.39, 0.29) is 12.1 Å². The maximum absolute atomic E-state index is 11.8. The van der Waals surface area contributed by atoms with Crippen LogP contribution in [-0.2, 0) is 4.74 Å². The summed E-state index contributed by atoms with van der Waals surface area (Å²) in [5, 5.41) is 0.788. The molecule has 1 unspecified atom stereocenters. The second-order valence-electron chi connectivity index (χ2n) is 4.02. The van der Waals surface area contributed by atoms with Crippen molar-refractivity contribution in [1.82, 2.24) is 4.98 Å². The number of benzene rings is 1. The van der Waals surface area contributed by atoms with E-state index in [2.05, 4.69) is 4.98 Å². The van der Waals surface area contributed by atoms with E-state index in [1.807, 2.05) is 25.1 Å². The smallest absolute Gasteiger partial charge is 0.339 e. The van der Waals surface area contributed by atoms with Gasteiger partial charge < -0.3 is 9.47 Å². The van der Waals surface area contributed by atoms with Gasteiger partial charge in [-0.05, 0) is 25.1 Å². The number of fused-ring (bicyclic) bond motifs is 3. The van der Waals surface area contributed by atoms with Crippen molar-refractivity contribution in [3.63, 3.8) is 0 Å². The lowest BCUT2D eigenvalue weighted by molar-refractivity contribution is 0.0423. The van der Waals surface area contributed by atoms with Crippen molar-refractivity contribution < 1.29 is 14.3 Å². The van der Waals surface area contributed by atoms with Gasteiger partial charge in [0.2, 0.25) is 0 Å². The molecule has 0 saturated heterocycles. The fourth-order valence-corrected chi connectivity index (χ4v) is 2.13. The largest absolute Gasteiger partial charge is 0.497 e. The topological polar surface area (TPSA) is 48.4 Å². The van der Waals surface area contributed by atoms with Crippen molar-refractivity contribution in [2.75, 3.05) is 7.11 Å². The van der Waals surface area contributed by atoms with Crippen LogP contribution < -0.4 is 4.74 Å². The minimum Gasteiger partial charge on any atom is -0.497 e. The molecule has 1 atom stereocenters. The summed E-state index contributed by atoms with van der Waals surface area (Å²) in [7, 11) is 1.60. The monoisotopic (exact) mass is 229 g/mol. The number of rotatable bonds is 1. The molecule has 0 amide bonds. The van der Waals surface area contributed by atoms with Gasteiger partial charge in [0, 0.05) is 17.1 Å². The van der Waals surface area contributed by atoms with Gasteiger partial charge in [-0.25, -0.2) is 4.79 Å². The lowest BCUT2D eigenvalue weighted by Crippen LogP contribution is -1.96. The molecule has 1 aromatic heterocycles. The molecule has 1 aliphatic heterocycles. The van der Waals surface area contributed by atoms with Crippen LogP contribution in [0.3, 0.4) is 0 Å². The van der Waals surface area contributed by atoms with Gasteiger partial charge in [0.25, 0.3) is 0 Å². The molecule has 0 saturated carbocycles. The fourth-order valence-electron chi connectivity index (χ4n) is 2.13. The Morgan fingerprint density at radius 1 is 1.41 bits per heavy atom. The van der Waals surface area contributed by atoms with Gasteiger partial charge in [0.05, 0.1) is 18.2 Å². The van der Waals surface area contributed by atoms with E-state index in [0.717, 1.165) is 16.5 Å². The van der Waals surface area contributed by atoms with Gasteiger partial charge in [-0.1, -0.05) is 0 Å². The van der Waals surface area contributed by atoms with Gasteiger partial charge in [0.15, 0.2) is 0 Å². The first-order valence-electron chi connectivity index (χ1n) is 5.38. The second kappa shape index (κ2) is 3.45. The number of aromatic nitrogens is 1. The predicted octanol–water partition coefficient (Wildman–Crippen LogP) is 2.47. The predicted molar refractivity (Wildman–Crippen MR) is 62.1 cm³/mol. The third-order valence-corrected chi connectivity index (χ3v) is 3.03. The molecule has 17 heavy (non-hydrogen) atoms. The summed E-state index contributed by atoms with van der Waals surface area (Å²) < 4.78 is 10.4. The molecule has 4 nitrogen and oxygen atoms in total. The van der Waals surface area contributed by atoms with Crippen LogP contribution in [0.2, 0.25) is 0 Å². The highest BCUT2D eigenvalue weighted by atomic mass is 16.5. The van der Waals surface area contributed by atoms with E-state index >= 15 is 0 Å². The summed E-state index contributed by atoms with van der Waals surface area (Å²) >= 11 is 0. The quantitative estimate of drug-likeness (QED) is 0.705. The number of carbonyl (C=O) groups is 1. The molecule has 0 N–H and O–H groups in total. The summed E-state index contributed by atoms with van der Waals surface area (Å²) in [5.74, 6) is 0.424. The van der Waals surface area contributed by atoms with Crippen LogP contribution in [0, 0.1) is 0 Å². The zero-order valence-corrected chi connectivity index (χ0v) is 9.56. The van der Waals surface area contributed by atoms with E-state index in [0.29, 0.717) is 11.3 Å². The summed E-state index contributed by atoms with van der Waals surface area (Å²) in [6.07, 6.45) is 1.49. The highest BCUT2D eigenvalue weighted by molar-refractivity contribution is 6.06. The average Bonchev–Trinajstić information content (AvgIpc) is 2.64. The van der Waals surface area contributed by atoms with Crippen molar-refractivity contribution in [2.24, 2.45) is 0 Å². The molecule has 4 heteroatoms. The SMILES string of the molecule is COc1ccc2ncc3c(c2c1)C(=O)OC3C. The molecule has 0 radical (unpaired) electrons. The zero-order chi connectivity index (χ0) is 12.0. The minimum atomic E-state index is -0.284. The van der Waals surface area contributed by atoms with Crippen molar-refractivity contribution in [3.05, 3.63) is 35.5 Å². The molecule has 1 aromatic carbocycles. The van der Waals surface area contributed by atoms with Gasteiger partial charge in [-0.2, -0.15) is 0 Å². The first-order chi connectivity index (χ1) is 8.20. The molecule has 0 bridgehead atoms. The Balaban J connectivity index is 2.36. The summed E-state index contributed by atoms with van der Waals surface area (Å²) in [6.45, 7) is 1.84. The van der Waals surface area contributed by atoms with Crippen LogP contribution in [0.4, 0.5) is 0 Å². The number of carbonyl (C=O) groups excluding carboxylic acids is 1. The van der Waals surface area contributed by atoms with Crippen LogP contribution >= 0.6 is 0 Å². The Morgan fingerprint density at radius 2 is 2.24 bits per heavy atom. The van der Waals surface area contributed by atoms with Crippen molar-refractivity contribution in [2.45, 2.75) is 13.0 Å². The normalized spacial score (nSPS) is 18.0. The summed E-state index contributed by atoms with van der Waals surface area (Å²) in [4.78, 5) is 16.1. The summed E-state index contributed by atoms with van der Waals surface area (Å²) in [5.41, 5.74) is 2.23. The highest BCUT2D eigenvalue weighted by Gasteiger charge is 2.30. The van der Waals surface area contributed by atoms with E-state index in [1.54, 1.807) is 13.3 Å². The zero-order valence-electron chi connectivity index (χ0n) is 9.56. The molecule has 2 heterocycles. The number of pyridine rings is 1. The van der Waals surface area contributed by atoms with Gasteiger partial charge in [0.1, 0.15) is 11.9 Å². The molecule has 2 aromatic rings. The molecule has 3 rings (SSSR count). The third kappa shape index (κ3) is 1.37. The van der Waals surface area contributed by atoms with E-state index in [1.165, 1.54) is 0 Å². The molecule has 0 spiro atoms. The number of ether oxygens (including phenoxy) is 2. The second-order valence-corrected chi connectivity index (χ2v) is 4.02. The van der Waals surface area contributed by atoms with E-state index < -0.39 is 0 Å². The Hall–Kier alpha value is -2.10. The minimum absolute atomic E-state index is 0.222. The Bertz CT molecular complexity index is 621. The van der Waals surface area contributed by atoms with E-state index in [4.69, 9.17) is 9.47 Å². The van der Waals surface area contributed by atoms with Crippen molar-refractivity contribution in [1.29, 1.82) is 0 Å². The molecular weight excluding hydrogens is 218 g/mol. The van der Waals surface area contributed by atoms with E-state index in [9.17, 15) is 4.79 Å². The standard InChI is InChI=1S/C13H11NO3/c1-7-10-6-14-11-4-3-8(16-2)5-9(11)12(10)13(15)17-7/h3-7H,1-2H3. The number of nitrogens with zero attached hydrogens (tertiary/aromatic N) is 1. The van der Waals surface area contributed by atoms with Crippen LogP contribution in [0.15, 0.2) is 24.4 Å². The van der Waals surface area contributed by atoms with Crippen LogP contribution in [0.25, 0.3) is 10.9 Å². The highest BCUT2D eigenvalue weighted by Crippen LogP contribution is 2.35. The van der Waals surface area contributed by atoms with Crippen molar-refractivity contribution >= 4 is 16.9 Å². The number of hydrogen-bond donors (Lipinski definition) is 0. The molecular formula is C13H11NO3. The first-order valence-corrected chi connectivity index (χ1v) is 5.38. The Kier molecular flexibility index (Phi) is 2.04. The number of cyclic esters (lactones) is 1. The lowest BCUT2D eigenvalue weighted by atomic mass is 10.0. The number of methoxy groups -OCH3 is 1. The molecule has 1 aliphatic rings. The molecule has 0 aliphatic carbocycles. The number of esters is 1. The van der Waals surface area contributed by atoms with Crippen LogP contribution in [0.5, 0.6) is 5.75 Å². The summed E-state index contributed by atoms with van der Waals surface area (Å²) in [6, 6.07) is 5.48. The lowest BCUT2D eigenvalue weighted by Gasteiger charge is -2.05. The van der Waals surface area contributed by atoms with Crippen molar-refractivity contribution in [3.8, 4) is 5.75 Å². The Labute approximate surface area is 98.2 Å². The molecule has 0 fully saturated rings. The van der Waals surface area contributed by atoms with Gasteiger partial charge in [-0.3, -0.25) is 4.98 Å². The number of hydrogen-bond acceptors (Lipinski definition) is 4. The third-order valence-electron chi connectivity index (χ3n) is 3.03. The van der Waals surface area contributed by atoms with Crippen LogP contribution in [-0.4, -0.2) is 18.1 Å². The average molecular weight is 229 g/mol. The maximum atomic E-state index is 11.8. The fraction of sp³-hybridized carbons (Fsp3) is 0.231. The molecule has 86 valence electrons. The van der Waals surface area contributed by atoms with Gasteiger partial charge >= 0.3 is 5.97 Å². The Morgan fingerprint density at radius 3 is 3.00 bits per heavy atom.